The molecule has 108 valence electrons. The van der Waals surface area contributed by atoms with E-state index >= 15 is 0 Å². The Kier molecular flexibility index (Phi) is 4.98. The molecule has 0 saturated heterocycles. The van der Waals surface area contributed by atoms with E-state index in [4.69, 9.17) is 9.47 Å². The molecule has 1 aromatic heterocycles. The van der Waals surface area contributed by atoms with Crippen LogP contribution in [0.3, 0.4) is 0 Å². The van der Waals surface area contributed by atoms with Gasteiger partial charge in [-0.3, -0.25) is 0 Å². The van der Waals surface area contributed by atoms with Crippen LogP contribution in [-0.2, 0) is 6.54 Å². The van der Waals surface area contributed by atoms with E-state index in [0.29, 0.717) is 0 Å². The predicted octanol–water partition coefficient (Wildman–Crippen LogP) is 3.32. The quantitative estimate of drug-likeness (QED) is 0.887. The Morgan fingerprint density at radius 2 is 2.10 bits per heavy atom. The van der Waals surface area contributed by atoms with Crippen LogP contribution in [0.15, 0.2) is 23.6 Å². The molecule has 1 atom stereocenters. The number of nitrogens with one attached hydrogen (secondary N) is 1. The lowest BCUT2D eigenvalue weighted by Crippen LogP contribution is -2.18. The first kappa shape index (κ1) is 14.8. The van der Waals surface area contributed by atoms with Crippen LogP contribution in [0.4, 0.5) is 0 Å². The van der Waals surface area contributed by atoms with Gasteiger partial charge in [0.05, 0.1) is 14.2 Å². The van der Waals surface area contributed by atoms with Crippen LogP contribution in [0.2, 0.25) is 0 Å². The number of methoxy groups -OCH3 is 2. The van der Waals surface area contributed by atoms with Gasteiger partial charge in [-0.15, -0.1) is 11.3 Å². The molecular weight excluding hydrogens is 272 g/mol. The van der Waals surface area contributed by atoms with Gasteiger partial charge in [0.15, 0.2) is 0 Å². The van der Waals surface area contributed by atoms with Crippen molar-refractivity contribution in [3.63, 3.8) is 0 Å². The van der Waals surface area contributed by atoms with E-state index in [9.17, 15) is 0 Å². The van der Waals surface area contributed by atoms with Crippen molar-refractivity contribution in [2.75, 3.05) is 14.2 Å². The number of rotatable bonds is 6. The highest BCUT2D eigenvalue weighted by Gasteiger charge is 2.13. The highest BCUT2D eigenvalue weighted by molar-refractivity contribution is 7.09. The second-order valence-corrected chi connectivity index (χ2v) is 5.54. The first-order chi connectivity index (χ1) is 9.63. The Balaban J connectivity index is 2.09. The first-order valence-electron chi connectivity index (χ1n) is 6.50. The number of ether oxygens (including phenoxy) is 2. The highest BCUT2D eigenvalue weighted by atomic mass is 32.1. The van der Waals surface area contributed by atoms with Crippen molar-refractivity contribution in [1.29, 1.82) is 0 Å². The molecule has 0 aliphatic carbocycles. The van der Waals surface area contributed by atoms with Gasteiger partial charge in [-0.25, -0.2) is 4.98 Å². The molecule has 2 rings (SSSR count). The first-order valence-corrected chi connectivity index (χ1v) is 7.38. The summed E-state index contributed by atoms with van der Waals surface area (Å²) in [6, 6.07) is 5.99. The van der Waals surface area contributed by atoms with Gasteiger partial charge in [-0.2, -0.15) is 0 Å². The Labute approximate surface area is 123 Å². The second-order valence-electron chi connectivity index (χ2n) is 4.59. The standard InChI is InChI=1S/C15H20N2O2S/c1-10-9-20-15(17-10)8-16-11(2)13-7-12(18-3)5-6-14(13)19-4/h5-7,9,11,16H,8H2,1-4H3. The zero-order chi connectivity index (χ0) is 14.5. The zero-order valence-electron chi connectivity index (χ0n) is 12.3. The third-order valence-electron chi connectivity index (χ3n) is 3.13. The maximum atomic E-state index is 5.41. The maximum absolute atomic E-state index is 5.41. The van der Waals surface area contributed by atoms with Crippen molar-refractivity contribution in [3.8, 4) is 11.5 Å². The van der Waals surface area contributed by atoms with Gasteiger partial charge in [0.25, 0.3) is 0 Å². The average Bonchev–Trinajstić information content (AvgIpc) is 2.89. The molecule has 0 saturated carbocycles. The minimum Gasteiger partial charge on any atom is -0.497 e. The number of benzene rings is 1. The Morgan fingerprint density at radius 3 is 2.70 bits per heavy atom. The van der Waals surface area contributed by atoms with E-state index < -0.39 is 0 Å². The number of aryl methyl sites for hydroxylation is 1. The molecule has 0 amide bonds. The lowest BCUT2D eigenvalue weighted by molar-refractivity contribution is 0.391. The van der Waals surface area contributed by atoms with Crippen LogP contribution in [0.25, 0.3) is 0 Å². The van der Waals surface area contributed by atoms with E-state index in [1.54, 1.807) is 25.6 Å². The van der Waals surface area contributed by atoms with Gasteiger partial charge in [0.1, 0.15) is 16.5 Å². The van der Waals surface area contributed by atoms with Gasteiger partial charge >= 0.3 is 0 Å². The molecule has 1 N–H and O–H groups in total. The highest BCUT2D eigenvalue weighted by Crippen LogP contribution is 2.29. The molecule has 1 unspecified atom stereocenters. The number of hydrogen-bond donors (Lipinski definition) is 1. The third kappa shape index (κ3) is 3.49. The fourth-order valence-corrected chi connectivity index (χ4v) is 2.73. The maximum Gasteiger partial charge on any atom is 0.123 e. The van der Waals surface area contributed by atoms with Crippen LogP contribution in [0, 0.1) is 6.92 Å². The summed E-state index contributed by atoms with van der Waals surface area (Å²) in [5, 5.41) is 6.62. The van der Waals surface area contributed by atoms with Crippen molar-refractivity contribution < 1.29 is 9.47 Å². The second kappa shape index (κ2) is 6.72. The summed E-state index contributed by atoms with van der Waals surface area (Å²) < 4.78 is 10.7. The molecule has 20 heavy (non-hydrogen) atoms. The minimum atomic E-state index is 0.157. The van der Waals surface area contributed by atoms with E-state index in [-0.39, 0.29) is 6.04 Å². The molecule has 0 spiro atoms. The van der Waals surface area contributed by atoms with Gasteiger partial charge in [0, 0.05) is 29.2 Å². The summed E-state index contributed by atoms with van der Waals surface area (Å²) in [6.07, 6.45) is 0. The summed E-state index contributed by atoms with van der Waals surface area (Å²) in [7, 11) is 3.35. The molecule has 0 aliphatic rings. The SMILES string of the molecule is COc1ccc(OC)c(C(C)NCc2nc(C)cs2)c1. The lowest BCUT2D eigenvalue weighted by Gasteiger charge is -2.17. The number of nitrogens with zero attached hydrogens (tertiary/aromatic N) is 1. The summed E-state index contributed by atoms with van der Waals surface area (Å²) >= 11 is 1.67. The van der Waals surface area contributed by atoms with E-state index in [2.05, 4.69) is 22.6 Å². The van der Waals surface area contributed by atoms with E-state index in [1.165, 1.54) is 0 Å². The number of aromatic nitrogens is 1. The molecule has 2 aromatic rings. The summed E-state index contributed by atoms with van der Waals surface area (Å²) in [6.45, 7) is 4.87. The van der Waals surface area contributed by atoms with Crippen LogP contribution in [0.5, 0.6) is 11.5 Å². The fraction of sp³-hybridized carbons (Fsp3) is 0.400. The van der Waals surface area contributed by atoms with E-state index in [1.807, 2.05) is 25.1 Å². The lowest BCUT2D eigenvalue weighted by atomic mass is 10.1. The molecule has 0 bridgehead atoms. The number of hydrogen-bond acceptors (Lipinski definition) is 5. The topological polar surface area (TPSA) is 43.4 Å². The normalized spacial score (nSPS) is 12.2. The van der Waals surface area contributed by atoms with Crippen LogP contribution < -0.4 is 14.8 Å². The predicted molar refractivity (Wildman–Crippen MR) is 81.7 cm³/mol. The van der Waals surface area contributed by atoms with Crippen LogP contribution >= 0.6 is 11.3 Å². The molecule has 4 nitrogen and oxygen atoms in total. The molecule has 0 aliphatic heterocycles. The zero-order valence-corrected chi connectivity index (χ0v) is 13.1. The van der Waals surface area contributed by atoms with Crippen molar-refractivity contribution in [2.45, 2.75) is 26.4 Å². The van der Waals surface area contributed by atoms with E-state index in [0.717, 1.165) is 34.3 Å². The number of thiazole rings is 1. The van der Waals surface area contributed by atoms with Gasteiger partial charge in [-0.1, -0.05) is 0 Å². The molecule has 1 heterocycles. The molecular formula is C15H20N2O2S. The fourth-order valence-electron chi connectivity index (χ4n) is 2.01. The van der Waals surface area contributed by atoms with Crippen molar-refractivity contribution in [1.82, 2.24) is 10.3 Å². The van der Waals surface area contributed by atoms with Crippen molar-refractivity contribution in [3.05, 3.63) is 39.8 Å². The molecule has 0 fully saturated rings. The smallest absolute Gasteiger partial charge is 0.123 e. The largest absolute Gasteiger partial charge is 0.497 e. The summed E-state index contributed by atoms with van der Waals surface area (Å²) in [5.74, 6) is 1.70. The minimum absolute atomic E-state index is 0.157. The van der Waals surface area contributed by atoms with Crippen molar-refractivity contribution >= 4 is 11.3 Å². The Bertz CT molecular complexity index is 569. The van der Waals surface area contributed by atoms with Gasteiger partial charge in [0.2, 0.25) is 0 Å². The van der Waals surface area contributed by atoms with Gasteiger partial charge < -0.3 is 14.8 Å². The van der Waals surface area contributed by atoms with Crippen LogP contribution in [0.1, 0.15) is 29.2 Å². The molecule has 5 heteroatoms. The monoisotopic (exact) mass is 292 g/mol. The third-order valence-corrected chi connectivity index (χ3v) is 4.10. The summed E-state index contributed by atoms with van der Waals surface area (Å²) in [4.78, 5) is 4.45. The molecule has 0 radical (unpaired) electrons. The Morgan fingerprint density at radius 1 is 1.30 bits per heavy atom. The summed E-state index contributed by atoms with van der Waals surface area (Å²) in [5.41, 5.74) is 2.15. The average molecular weight is 292 g/mol. The molecule has 1 aromatic carbocycles. The van der Waals surface area contributed by atoms with Crippen molar-refractivity contribution in [2.24, 2.45) is 0 Å². The van der Waals surface area contributed by atoms with Crippen LogP contribution in [-0.4, -0.2) is 19.2 Å². The Hall–Kier alpha value is -1.59. The van der Waals surface area contributed by atoms with Gasteiger partial charge in [-0.05, 0) is 32.0 Å².